The van der Waals surface area contributed by atoms with Crippen molar-refractivity contribution in [2.24, 2.45) is 0 Å². The van der Waals surface area contributed by atoms with Gasteiger partial charge in [0.25, 0.3) is 5.89 Å². The van der Waals surface area contributed by atoms with Gasteiger partial charge in [0.05, 0.1) is 17.6 Å². The number of carbonyl (C=O) groups excluding carboxylic acids is 1. The number of rotatable bonds is 9. The van der Waals surface area contributed by atoms with Crippen molar-refractivity contribution in [3.63, 3.8) is 0 Å². The standard InChI is InChI=1S/C22H19N3O6S2/c1-29-17-7-2-5-15(11-17)21-24-20(31-25-21)14-30-22(26)16-6-3-9-19(12-16)33(27,28)23-13-18-8-4-10-32-18/h2-12,23H,13-14H2,1H3. The molecule has 1 N–H and O–H groups in total. The summed E-state index contributed by atoms with van der Waals surface area (Å²) in [5.41, 5.74) is 0.769. The second-order valence-electron chi connectivity index (χ2n) is 6.75. The van der Waals surface area contributed by atoms with Crippen molar-refractivity contribution in [2.75, 3.05) is 7.11 Å². The van der Waals surface area contributed by atoms with Gasteiger partial charge in [-0.3, -0.25) is 0 Å². The predicted molar refractivity (Wildman–Crippen MR) is 120 cm³/mol. The summed E-state index contributed by atoms with van der Waals surface area (Å²) in [6, 6.07) is 16.4. The molecule has 0 aliphatic rings. The number of carbonyl (C=O) groups is 1. The molecule has 2 aromatic carbocycles. The highest BCUT2D eigenvalue weighted by Gasteiger charge is 2.18. The van der Waals surface area contributed by atoms with Crippen molar-refractivity contribution in [1.29, 1.82) is 0 Å². The van der Waals surface area contributed by atoms with E-state index < -0.39 is 16.0 Å². The summed E-state index contributed by atoms with van der Waals surface area (Å²) in [4.78, 5) is 17.5. The summed E-state index contributed by atoms with van der Waals surface area (Å²) >= 11 is 1.45. The molecule has 0 saturated carbocycles. The molecule has 0 unspecified atom stereocenters. The zero-order valence-corrected chi connectivity index (χ0v) is 19.1. The molecule has 170 valence electrons. The van der Waals surface area contributed by atoms with E-state index in [2.05, 4.69) is 14.9 Å². The Hall–Kier alpha value is -3.54. The lowest BCUT2D eigenvalue weighted by molar-refractivity contribution is 0.0429. The normalized spacial score (nSPS) is 11.3. The van der Waals surface area contributed by atoms with Crippen LogP contribution in [-0.2, 0) is 27.9 Å². The first-order chi connectivity index (χ1) is 15.9. The van der Waals surface area contributed by atoms with Crippen molar-refractivity contribution in [3.05, 3.63) is 82.4 Å². The lowest BCUT2D eigenvalue weighted by Crippen LogP contribution is -2.23. The maximum atomic E-state index is 12.6. The van der Waals surface area contributed by atoms with Gasteiger partial charge in [-0.25, -0.2) is 17.9 Å². The van der Waals surface area contributed by atoms with Crippen LogP contribution in [0.25, 0.3) is 11.4 Å². The summed E-state index contributed by atoms with van der Waals surface area (Å²) in [7, 11) is -2.24. The van der Waals surface area contributed by atoms with Gasteiger partial charge < -0.3 is 14.0 Å². The van der Waals surface area contributed by atoms with Gasteiger partial charge in [0.1, 0.15) is 5.75 Å². The van der Waals surface area contributed by atoms with E-state index in [9.17, 15) is 13.2 Å². The van der Waals surface area contributed by atoms with E-state index in [1.54, 1.807) is 31.4 Å². The van der Waals surface area contributed by atoms with Crippen LogP contribution in [0.2, 0.25) is 0 Å². The second-order valence-corrected chi connectivity index (χ2v) is 9.55. The maximum absolute atomic E-state index is 12.6. The molecule has 2 heterocycles. The van der Waals surface area contributed by atoms with Gasteiger partial charge in [-0.2, -0.15) is 4.98 Å². The summed E-state index contributed by atoms with van der Waals surface area (Å²) in [5, 5.41) is 5.75. The van der Waals surface area contributed by atoms with Gasteiger partial charge in [0.15, 0.2) is 6.61 Å². The Balaban J connectivity index is 1.39. The summed E-state index contributed by atoms with van der Waals surface area (Å²) in [5.74, 6) is 0.351. The molecule has 0 amide bonds. The third-order valence-electron chi connectivity index (χ3n) is 4.52. The number of nitrogens with one attached hydrogen (secondary N) is 1. The molecule has 0 fully saturated rings. The minimum Gasteiger partial charge on any atom is -0.497 e. The van der Waals surface area contributed by atoms with Crippen molar-refractivity contribution >= 4 is 27.3 Å². The van der Waals surface area contributed by atoms with E-state index in [1.165, 1.54) is 35.6 Å². The van der Waals surface area contributed by atoms with Crippen molar-refractivity contribution in [1.82, 2.24) is 14.9 Å². The molecular weight excluding hydrogens is 466 g/mol. The van der Waals surface area contributed by atoms with Gasteiger partial charge >= 0.3 is 5.97 Å². The molecule has 33 heavy (non-hydrogen) atoms. The van der Waals surface area contributed by atoms with Crippen LogP contribution in [0.15, 0.2) is 75.5 Å². The molecule has 0 saturated heterocycles. The van der Waals surface area contributed by atoms with Crippen LogP contribution < -0.4 is 9.46 Å². The fraction of sp³-hybridized carbons (Fsp3) is 0.136. The number of nitrogens with zero attached hydrogens (tertiary/aromatic N) is 2. The molecule has 4 aromatic rings. The van der Waals surface area contributed by atoms with Crippen LogP contribution in [0.5, 0.6) is 5.75 Å². The van der Waals surface area contributed by atoms with Crippen LogP contribution >= 0.6 is 11.3 Å². The molecule has 2 aromatic heterocycles. The predicted octanol–water partition coefficient (Wildman–Crippen LogP) is 3.64. The third kappa shape index (κ3) is 5.64. The number of sulfonamides is 1. The first kappa shape index (κ1) is 22.6. The second kappa shape index (κ2) is 9.94. The molecular formula is C22H19N3O6S2. The highest BCUT2D eigenvalue weighted by atomic mass is 32.2. The molecule has 0 aliphatic heterocycles. The molecule has 4 rings (SSSR count). The Kier molecular flexibility index (Phi) is 6.82. The first-order valence-corrected chi connectivity index (χ1v) is 12.1. The fourth-order valence-electron chi connectivity index (χ4n) is 2.86. The molecule has 0 atom stereocenters. The van der Waals surface area contributed by atoms with Crippen molar-refractivity contribution in [2.45, 2.75) is 18.0 Å². The highest BCUT2D eigenvalue weighted by Crippen LogP contribution is 2.21. The van der Waals surface area contributed by atoms with Crippen LogP contribution in [0.3, 0.4) is 0 Å². The summed E-state index contributed by atoms with van der Waals surface area (Å²) in [6.45, 7) is -0.0924. The zero-order valence-electron chi connectivity index (χ0n) is 17.4. The SMILES string of the molecule is COc1cccc(-c2noc(COC(=O)c3cccc(S(=O)(=O)NCc4cccs4)c3)n2)c1. The number of aromatic nitrogens is 2. The van der Waals surface area contributed by atoms with E-state index in [-0.39, 0.29) is 29.5 Å². The number of benzene rings is 2. The number of hydrogen-bond donors (Lipinski definition) is 1. The van der Waals surface area contributed by atoms with Crippen molar-refractivity contribution < 1.29 is 27.2 Å². The molecule has 0 spiro atoms. The van der Waals surface area contributed by atoms with E-state index in [1.807, 2.05) is 17.5 Å². The van der Waals surface area contributed by atoms with E-state index in [4.69, 9.17) is 14.0 Å². The Morgan fingerprint density at radius 1 is 1.12 bits per heavy atom. The Labute approximate surface area is 194 Å². The average Bonchev–Trinajstić information content (AvgIpc) is 3.54. The molecule has 9 nitrogen and oxygen atoms in total. The Morgan fingerprint density at radius 2 is 1.97 bits per heavy atom. The number of hydrogen-bond acceptors (Lipinski definition) is 9. The van der Waals surface area contributed by atoms with Gasteiger partial charge in [-0.1, -0.05) is 29.4 Å². The first-order valence-electron chi connectivity index (χ1n) is 9.71. The van der Waals surface area contributed by atoms with Crippen LogP contribution in [-0.4, -0.2) is 31.6 Å². The molecule has 0 radical (unpaired) electrons. The smallest absolute Gasteiger partial charge is 0.338 e. The van der Waals surface area contributed by atoms with E-state index in [0.29, 0.717) is 17.1 Å². The molecule has 0 bridgehead atoms. The fourth-order valence-corrected chi connectivity index (χ4v) is 4.64. The average molecular weight is 486 g/mol. The Bertz CT molecular complexity index is 1350. The lowest BCUT2D eigenvalue weighted by Gasteiger charge is -2.07. The maximum Gasteiger partial charge on any atom is 0.338 e. The monoisotopic (exact) mass is 485 g/mol. The molecule has 0 aliphatic carbocycles. The van der Waals surface area contributed by atoms with Gasteiger partial charge in [0, 0.05) is 17.0 Å². The van der Waals surface area contributed by atoms with Gasteiger partial charge in [0.2, 0.25) is 15.8 Å². The van der Waals surface area contributed by atoms with E-state index >= 15 is 0 Å². The quantitative estimate of drug-likeness (QED) is 0.357. The van der Waals surface area contributed by atoms with Crippen LogP contribution in [0.1, 0.15) is 21.1 Å². The lowest BCUT2D eigenvalue weighted by atomic mass is 10.2. The topological polar surface area (TPSA) is 121 Å². The largest absolute Gasteiger partial charge is 0.497 e. The summed E-state index contributed by atoms with van der Waals surface area (Å²) in [6.07, 6.45) is 0. The number of methoxy groups -OCH3 is 1. The van der Waals surface area contributed by atoms with Crippen molar-refractivity contribution in [3.8, 4) is 17.1 Å². The van der Waals surface area contributed by atoms with Crippen LogP contribution in [0, 0.1) is 0 Å². The number of thiophene rings is 1. The van der Waals surface area contributed by atoms with Gasteiger partial charge in [-0.05, 0) is 41.8 Å². The number of ether oxygens (including phenoxy) is 2. The third-order valence-corrected chi connectivity index (χ3v) is 6.79. The van der Waals surface area contributed by atoms with Gasteiger partial charge in [-0.15, -0.1) is 11.3 Å². The highest BCUT2D eigenvalue weighted by molar-refractivity contribution is 7.89. The minimum absolute atomic E-state index is 0.0355. The van der Waals surface area contributed by atoms with E-state index in [0.717, 1.165) is 4.88 Å². The van der Waals surface area contributed by atoms with Crippen LogP contribution in [0.4, 0.5) is 0 Å². The number of esters is 1. The zero-order chi connectivity index (χ0) is 23.3. The Morgan fingerprint density at radius 3 is 2.76 bits per heavy atom. The minimum atomic E-state index is -3.79. The molecule has 11 heteroatoms. The summed E-state index contributed by atoms with van der Waals surface area (Å²) < 4.78 is 43.2.